The minimum absolute atomic E-state index is 0. The van der Waals surface area contributed by atoms with Gasteiger partial charge in [0.15, 0.2) is 11.6 Å². The quantitative estimate of drug-likeness (QED) is 0.852. The number of halogens is 3. The van der Waals surface area contributed by atoms with Crippen LogP contribution >= 0.6 is 12.4 Å². The fourth-order valence-corrected chi connectivity index (χ4v) is 1.16. The van der Waals surface area contributed by atoms with E-state index in [1.54, 1.807) is 0 Å². The molecule has 1 atom stereocenters. The van der Waals surface area contributed by atoms with Gasteiger partial charge >= 0.3 is 0 Å². The van der Waals surface area contributed by atoms with E-state index in [9.17, 15) is 8.78 Å². The van der Waals surface area contributed by atoms with Gasteiger partial charge in [0.1, 0.15) is 0 Å². The van der Waals surface area contributed by atoms with Crippen molar-refractivity contribution in [2.75, 3.05) is 0 Å². The Kier molecular flexibility index (Phi) is 5.20. The molecule has 0 saturated heterocycles. The van der Waals surface area contributed by atoms with E-state index in [2.05, 4.69) is 0 Å². The Labute approximate surface area is 93.1 Å². The highest BCUT2D eigenvalue weighted by Gasteiger charge is 2.15. The fraction of sp³-hybridized carbons (Fsp3) is 0.300. The lowest BCUT2D eigenvalue weighted by atomic mass is 10.0. The van der Waals surface area contributed by atoms with E-state index in [1.165, 1.54) is 19.1 Å². The lowest BCUT2D eigenvalue weighted by Crippen LogP contribution is -2.12. The molecule has 82 valence electrons. The summed E-state index contributed by atoms with van der Waals surface area (Å²) in [7, 11) is 0. The van der Waals surface area contributed by atoms with Gasteiger partial charge in [-0.15, -0.1) is 12.4 Å². The molecule has 0 amide bonds. The summed E-state index contributed by atoms with van der Waals surface area (Å²) in [5.41, 5.74) is 5.78. The summed E-state index contributed by atoms with van der Waals surface area (Å²) in [6.45, 7) is 1.47. The van der Waals surface area contributed by atoms with Crippen LogP contribution in [0.2, 0.25) is 0 Å². The first-order valence-corrected chi connectivity index (χ1v) is 4.15. The number of hydrogen-bond donors (Lipinski definition) is 1. The van der Waals surface area contributed by atoms with Crippen LogP contribution in [-0.4, -0.2) is 0 Å². The molecule has 0 bridgehead atoms. The predicted octanol–water partition coefficient (Wildman–Crippen LogP) is 2.61. The average Bonchev–Trinajstić information content (AvgIpc) is 2.15. The highest BCUT2D eigenvalue weighted by atomic mass is 35.5. The molecule has 0 spiro atoms. The van der Waals surface area contributed by atoms with Crippen molar-refractivity contribution in [3.05, 3.63) is 34.9 Å². The minimum Gasteiger partial charge on any atom is -0.323 e. The molecule has 0 aliphatic rings. The third-order valence-corrected chi connectivity index (χ3v) is 2.02. The molecule has 1 rings (SSSR count). The van der Waals surface area contributed by atoms with Gasteiger partial charge in [-0.3, -0.25) is 0 Å². The van der Waals surface area contributed by atoms with Gasteiger partial charge in [0.2, 0.25) is 0 Å². The Morgan fingerprint density at radius 2 is 2.00 bits per heavy atom. The van der Waals surface area contributed by atoms with Crippen LogP contribution in [-0.2, 0) is 0 Å². The van der Waals surface area contributed by atoms with Gasteiger partial charge in [-0.05, 0) is 12.5 Å². The highest BCUT2D eigenvalue weighted by Crippen LogP contribution is 2.21. The van der Waals surface area contributed by atoms with E-state index in [1.807, 2.05) is 6.07 Å². The average molecular weight is 233 g/mol. The maximum Gasteiger partial charge on any atom is 0.163 e. The summed E-state index contributed by atoms with van der Waals surface area (Å²) in [4.78, 5) is 0. The number of nitriles is 1. The number of aryl methyl sites for hydroxylation is 1. The highest BCUT2D eigenvalue weighted by molar-refractivity contribution is 5.85. The molecule has 0 radical (unpaired) electrons. The van der Waals surface area contributed by atoms with E-state index in [0.29, 0.717) is 0 Å². The molecule has 0 fully saturated rings. The van der Waals surface area contributed by atoms with Gasteiger partial charge in [0, 0.05) is 11.6 Å². The van der Waals surface area contributed by atoms with Crippen molar-refractivity contribution >= 4 is 12.4 Å². The zero-order chi connectivity index (χ0) is 10.7. The molecule has 0 saturated carbocycles. The molecule has 1 aromatic rings. The van der Waals surface area contributed by atoms with Crippen LogP contribution in [0.1, 0.15) is 23.6 Å². The fourth-order valence-electron chi connectivity index (χ4n) is 1.16. The van der Waals surface area contributed by atoms with Crippen molar-refractivity contribution in [2.45, 2.75) is 19.4 Å². The summed E-state index contributed by atoms with van der Waals surface area (Å²) < 4.78 is 26.4. The van der Waals surface area contributed by atoms with Crippen molar-refractivity contribution in [1.82, 2.24) is 0 Å². The zero-order valence-corrected chi connectivity index (χ0v) is 8.94. The predicted molar refractivity (Wildman–Crippen MR) is 55.5 cm³/mol. The molecule has 5 heteroatoms. The Morgan fingerprint density at radius 1 is 1.40 bits per heavy atom. The van der Waals surface area contributed by atoms with Crippen LogP contribution in [0.5, 0.6) is 0 Å². The topological polar surface area (TPSA) is 49.8 Å². The van der Waals surface area contributed by atoms with E-state index in [4.69, 9.17) is 11.0 Å². The third kappa shape index (κ3) is 2.88. The van der Waals surface area contributed by atoms with E-state index >= 15 is 0 Å². The van der Waals surface area contributed by atoms with Gasteiger partial charge in [0.25, 0.3) is 0 Å². The second kappa shape index (κ2) is 5.64. The lowest BCUT2D eigenvalue weighted by Gasteiger charge is -2.10. The Bertz CT molecular complexity index is 388. The number of rotatable bonds is 2. The van der Waals surface area contributed by atoms with Crippen LogP contribution < -0.4 is 5.73 Å². The summed E-state index contributed by atoms with van der Waals surface area (Å²) in [6.07, 6.45) is -0.0284. The zero-order valence-electron chi connectivity index (χ0n) is 8.13. The molecular formula is C10H11ClF2N2. The van der Waals surface area contributed by atoms with Crippen molar-refractivity contribution in [1.29, 1.82) is 5.26 Å². The number of nitrogens with two attached hydrogens (primary N) is 1. The summed E-state index contributed by atoms with van der Waals surface area (Å²) in [5, 5.41) is 8.37. The van der Waals surface area contributed by atoms with Crippen LogP contribution in [0.25, 0.3) is 0 Å². The van der Waals surface area contributed by atoms with Gasteiger partial charge in [-0.1, -0.05) is 12.1 Å². The van der Waals surface area contributed by atoms with Gasteiger partial charge in [-0.25, -0.2) is 8.78 Å². The molecule has 0 aliphatic carbocycles. The van der Waals surface area contributed by atoms with Crippen LogP contribution in [0.3, 0.4) is 0 Å². The maximum absolute atomic E-state index is 13.3. The lowest BCUT2D eigenvalue weighted by molar-refractivity contribution is 0.484. The van der Waals surface area contributed by atoms with E-state index in [0.717, 1.165) is 0 Å². The first-order chi connectivity index (χ1) is 6.57. The van der Waals surface area contributed by atoms with Crippen molar-refractivity contribution < 1.29 is 8.78 Å². The van der Waals surface area contributed by atoms with Crippen molar-refractivity contribution in [3.63, 3.8) is 0 Å². The maximum atomic E-state index is 13.3. The van der Waals surface area contributed by atoms with Crippen LogP contribution in [0.4, 0.5) is 8.78 Å². The van der Waals surface area contributed by atoms with Crippen molar-refractivity contribution in [3.8, 4) is 6.07 Å². The number of hydrogen-bond acceptors (Lipinski definition) is 2. The molecule has 0 aromatic heterocycles. The molecule has 0 aliphatic heterocycles. The van der Waals surface area contributed by atoms with E-state index in [-0.39, 0.29) is 30.0 Å². The smallest absolute Gasteiger partial charge is 0.163 e. The van der Waals surface area contributed by atoms with Gasteiger partial charge < -0.3 is 5.73 Å². The van der Waals surface area contributed by atoms with E-state index < -0.39 is 17.7 Å². The van der Waals surface area contributed by atoms with Gasteiger partial charge in [-0.2, -0.15) is 5.26 Å². The number of benzene rings is 1. The Balaban J connectivity index is 0.00000196. The molecular weight excluding hydrogens is 222 g/mol. The Hall–Kier alpha value is -1.18. The largest absolute Gasteiger partial charge is 0.323 e. The molecule has 2 nitrogen and oxygen atoms in total. The summed E-state index contributed by atoms with van der Waals surface area (Å²) >= 11 is 0. The van der Waals surface area contributed by atoms with Crippen LogP contribution in [0.15, 0.2) is 12.1 Å². The molecule has 1 aromatic carbocycles. The number of nitrogens with zero attached hydrogens (tertiary/aromatic N) is 1. The SMILES string of the molecule is Cc1ccc([C@@H](N)CC#N)c(F)c1F.Cl. The third-order valence-electron chi connectivity index (χ3n) is 2.02. The molecule has 2 N–H and O–H groups in total. The first-order valence-electron chi connectivity index (χ1n) is 4.15. The minimum atomic E-state index is -0.951. The summed E-state index contributed by atoms with van der Waals surface area (Å²) in [5.74, 6) is -1.84. The van der Waals surface area contributed by atoms with Crippen LogP contribution in [0, 0.1) is 29.9 Å². The Morgan fingerprint density at radius 3 is 2.53 bits per heavy atom. The molecule has 0 unspecified atom stereocenters. The van der Waals surface area contributed by atoms with Gasteiger partial charge in [0.05, 0.1) is 12.5 Å². The monoisotopic (exact) mass is 232 g/mol. The molecule has 0 heterocycles. The second-order valence-electron chi connectivity index (χ2n) is 3.07. The normalized spacial score (nSPS) is 11.4. The first kappa shape index (κ1) is 13.8. The summed E-state index contributed by atoms with van der Waals surface area (Å²) in [6, 6.07) is 3.91. The molecule has 15 heavy (non-hydrogen) atoms. The van der Waals surface area contributed by atoms with Crippen molar-refractivity contribution in [2.24, 2.45) is 5.73 Å². The second-order valence-corrected chi connectivity index (χ2v) is 3.07. The standard InChI is InChI=1S/C10H10F2N2.ClH/c1-6-2-3-7(8(14)4-5-13)10(12)9(6)11;/h2-3,8H,4,14H2,1H3;1H/t8-;/m0./s1.